The van der Waals surface area contributed by atoms with E-state index in [0.29, 0.717) is 17.7 Å². The zero-order valence-electron chi connectivity index (χ0n) is 11.7. The maximum atomic E-state index is 13.3. The molecule has 0 saturated heterocycles. The van der Waals surface area contributed by atoms with E-state index in [4.69, 9.17) is 4.74 Å². The Kier molecular flexibility index (Phi) is 3.41. The van der Waals surface area contributed by atoms with E-state index in [-0.39, 0.29) is 6.42 Å². The molecule has 0 heterocycles. The van der Waals surface area contributed by atoms with Crippen molar-refractivity contribution < 1.29 is 18.6 Å². The van der Waals surface area contributed by atoms with Crippen molar-refractivity contribution in [3.63, 3.8) is 0 Å². The molecule has 0 aromatic heterocycles. The molecule has 110 valence electrons. The summed E-state index contributed by atoms with van der Waals surface area (Å²) in [6.07, 6.45) is 1.46. The van der Waals surface area contributed by atoms with Crippen LogP contribution in [0.25, 0.3) is 0 Å². The average Bonchev–Trinajstić information content (AvgIpc) is 2.74. The predicted molar refractivity (Wildman–Crippen MR) is 75.3 cm³/mol. The number of hydrogen-bond acceptors (Lipinski definition) is 2. The zero-order chi connectivity index (χ0) is 15.0. The highest BCUT2D eigenvalue weighted by molar-refractivity contribution is 5.43. The van der Waals surface area contributed by atoms with E-state index in [1.54, 1.807) is 13.2 Å². The first-order valence-corrected chi connectivity index (χ1v) is 6.85. The van der Waals surface area contributed by atoms with Gasteiger partial charge in [-0.05, 0) is 53.8 Å². The lowest BCUT2D eigenvalue weighted by Crippen LogP contribution is -2.25. The molecule has 3 rings (SSSR count). The number of rotatable bonds is 3. The molecule has 0 amide bonds. The smallest absolute Gasteiger partial charge is 0.126 e. The SMILES string of the molecule is COc1ccc2c(c1)C(O)(Cc1cc(F)cc(F)c1)CC2. The Morgan fingerprint density at radius 3 is 2.52 bits per heavy atom. The molecule has 0 saturated carbocycles. The Hall–Kier alpha value is -1.94. The van der Waals surface area contributed by atoms with Crippen LogP contribution >= 0.6 is 0 Å². The van der Waals surface area contributed by atoms with Crippen LogP contribution in [0.5, 0.6) is 5.75 Å². The van der Waals surface area contributed by atoms with Gasteiger partial charge in [-0.2, -0.15) is 0 Å². The number of ether oxygens (including phenoxy) is 1. The fourth-order valence-electron chi connectivity index (χ4n) is 3.04. The minimum absolute atomic E-state index is 0.182. The van der Waals surface area contributed by atoms with Crippen LogP contribution < -0.4 is 4.74 Å². The summed E-state index contributed by atoms with van der Waals surface area (Å²) in [5.74, 6) is -0.588. The Balaban J connectivity index is 1.96. The highest BCUT2D eigenvalue weighted by atomic mass is 19.1. The Morgan fingerprint density at radius 1 is 1.14 bits per heavy atom. The molecule has 0 spiro atoms. The summed E-state index contributed by atoms with van der Waals surface area (Å²) in [7, 11) is 1.57. The van der Waals surface area contributed by atoms with E-state index in [1.807, 2.05) is 12.1 Å². The second kappa shape index (κ2) is 5.11. The maximum Gasteiger partial charge on any atom is 0.126 e. The Bertz CT molecular complexity index is 664. The number of halogens is 2. The minimum atomic E-state index is -1.11. The van der Waals surface area contributed by atoms with Gasteiger partial charge in [0, 0.05) is 12.5 Å². The maximum absolute atomic E-state index is 13.3. The van der Waals surface area contributed by atoms with Gasteiger partial charge in [-0.15, -0.1) is 0 Å². The molecule has 2 aromatic carbocycles. The highest BCUT2D eigenvalue weighted by Gasteiger charge is 2.37. The first kappa shape index (κ1) is 14.0. The lowest BCUT2D eigenvalue weighted by Gasteiger charge is -2.24. The van der Waals surface area contributed by atoms with E-state index in [2.05, 4.69) is 0 Å². The third kappa shape index (κ3) is 2.63. The van der Waals surface area contributed by atoms with Crippen LogP contribution in [0, 0.1) is 11.6 Å². The predicted octanol–water partition coefficient (Wildman–Crippen LogP) is 3.35. The molecule has 1 N–H and O–H groups in total. The standard InChI is InChI=1S/C17H16F2O2/c1-21-15-3-2-12-4-5-17(20,16(12)9-15)10-11-6-13(18)8-14(19)7-11/h2-3,6-9,20H,4-5,10H2,1H3. The average molecular weight is 290 g/mol. The van der Waals surface area contributed by atoms with Gasteiger partial charge in [-0.1, -0.05) is 6.07 Å². The molecule has 0 bridgehead atoms. The van der Waals surface area contributed by atoms with Crippen molar-refractivity contribution >= 4 is 0 Å². The van der Waals surface area contributed by atoms with Gasteiger partial charge in [-0.3, -0.25) is 0 Å². The molecule has 1 atom stereocenters. The van der Waals surface area contributed by atoms with Gasteiger partial charge < -0.3 is 9.84 Å². The van der Waals surface area contributed by atoms with E-state index in [1.165, 1.54) is 12.1 Å². The third-order valence-corrected chi connectivity index (χ3v) is 4.05. The van der Waals surface area contributed by atoms with Crippen LogP contribution in [-0.4, -0.2) is 12.2 Å². The molecule has 21 heavy (non-hydrogen) atoms. The van der Waals surface area contributed by atoms with Crippen LogP contribution in [0.1, 0.15) is 23.1 Å². The molecule has 1 aliphatic carbocycles. The molecular weight excluding hydrogens is 274 g/mol. The fourth-order valence-corrected chi connectivity index (χ4v) is 3.04. The second-order valence-electron chi connectivity index (χ2n) is 5.51. The number of methoxy groups -OCH3 is 1. The van der Waals surface area contributed by atoms with Crippen molar-refractivity contribution in [2.45, 2.75) is 24.9 Å². The summed E-state index contributed by atoms with van der Waals surface area (Å²) in [4.78, 5) is 0. The van der Waals surface area contributed by atoms with Crippen molar-refractivity contribution in [2.24, 2.45) is 0 Å². The van der Waals surface area contributed by atoms with Crippen molar-refractivity contribution in [1.29, 1.82) is 0 Å². The summed E-state index contributed by atoms with van der Waals surface area (Å²) >= 11 is 0. The summed E-state index contributed by atoms with van der Waals surface area (Å²) in [6, 6.07) is 8.94. The molecular formula is C17H16F2O2. The number of fused-ring (bicyclic) bond motifs is 1. The van der Waals surface area contributed by atoms with E-state index in [0.717, 1.165) is 23.6 Å². The number of hydrogen-bond donors (Lipinski definition) is 1. The van der Waals surface area contributed by atoms with E-state index in [9.17, 15) is 13.9 Å². The molecule has 0 radical (unpaired) electrons. The first-order chi connectivity index (χ1) is 10.00. The number of benzene rings is 2. The van der Waals surface area contributed by atoms with Gasteiger partial charge in [0.15, 0.2) is 0 Å². The van der Waals surface area contributed by atoms with E-state index < -0.39 is 17.2 Å². The lowest BCUT2D eigenvalue weighted by molar-refractivity contribution is 0.0387. The molecule has 1 aliphatic rings. The Labute approximate surface area is 122 Å². The molecule has 0 fully saturated rings. The molecule has 2 nitrogen and oxygen atoms in total. The summed E-state index contributed by atoms with van der Waals surface area (Å²) < 4.78 is 31.8. The lowest BCUT2D eigenvalue weighted by atomic mass is 9.88. The van der Waals surface area contributed by atoms with Crippen LogP contribution in [-0.2, 0) is 18.4 Å². The number of aliphatic hydroxyl groups is 1. The minimum Gasteiger partial charge on any atom is -0.497 e. The molecule has 0 aliphatic heterocycles. The quantitative estimate of drug-likeness (QED) is 0.939. The third-order valence-electron chi connectivity index (χ3n) is 4.05. The summed E-state index contributed by atoms with van der Waals surface area (Å²) in [6.45, 7) is 0. The van der Waals surface area contributed by atoms with Gasteiger partial charge in [0.05, 0.1) is 12.7 Å². The van der Waals surface area contributed by atoms with Gasteiger partial charge >= 0.3 is 0 Å². The van der Waals surface area contributed by atoms with Crippen molar-refractivity contribution in [3.8, 4) is 5.75 Å². The normalized spacial score (nSPS) is 20.4. The second-order valence-corrected chi connectivity index (χ2v) is 5.51. The van der Waals surface area contributed by atoms with Gasteiger partial charge in [0.25, 0.3) is 0 Å². The van der Waals surface area contributed by atoms with Crippen molar-refractivity contribution in [1.82, 2.24) is 0 Å². The highest BCUT2D eigenvalue weighted by Crippen LogP contribution is 2.41. The van der Waals surface area contributed by atoms with Gasteiger partial charge in [-0.25, -0.2) is 8.78 Å². The summed E-state index contributed by atoms with van der Waals surface area (Å²) in [5, 5.41) is 10.9. The first-order valence-electron chi connectivity index (χ1n) is 6.85. The van der Waals surface area contributed by atoms with Crippen LogP contribution in [0.4, 0.5) is 8.78 Å². The number of aryl methyl sites for hydroxylation is 1. The topological polar surface area (TPSA) is 29.5 Å². The van der Waals surface area contributed by atoms with Gasteiger partial charge in [0.2, 0.25) is 0 Å². The van der Waals surface area contributed by atoms with Crippen LogP contribution in [0.15, 0.2) is 36.4 Å². The van der Waals surface area contributed by atoms with Crippen LogP contribution in [0.3, 0.4) is 0 Å². The zero-order valence-corrected chi connectivity index (χ0v) is 11.7. The molecule has 2 aromatic rings. The summed E-state index contributed by atoms with van der Waals surface area (Å²) in [5.41, 5.74) is 1.18. The largest absolute Gasteiger partial charge is 0.497 e. The Morgan fingerprint density at radius 2 is 1.86 bits per heavy atom. The van der Waals surface area contributed by atoms with E-state index >= 15 is 0 Å². The van der Waals surface area contributed by atoms with Crippen molar-refractivity contribution in [3.05, 3.63) is 64.7 Å². The fraction of sp³-hybridized carbons (Fsp3) is 0.294. The van der Waals surface area contributed by atoms with Crippen molar-refractivity contribution in [2.75, 3.05) is 7.11 Å². The van der Waals surface area contributed by atoms with Gasteiger partial charge in [0.1, 0.15) is 17.4 Å². The van der Waals surface area contributed by atoms with Crippen LogP contribution in [0.2, 0.25) is 0 Å². The monoisotopic (exact) mass is 290 g/mol. The molecule has 4 heteroatoms. The molecule has 1 unspecified atom stereocenters.